The van der Waals surface area contributed by atoms with Gasteiger partial charge in [0.25, 0.3) is 0 Å². The van der Waals surface area contributed by atoms with E-state index in [9.17, 15) is 5.11 Å². The molecular weight excluding hydrogens is 340 g/mol. The van der Waals surface area contributed by atoms with Gasteiger partial charge in [-0.1, -0.05) is 36.4 Å². The molecule has 0 saturated carbocycles. The average molecular weight is 358 g/mol. The van der Waals surface area contributed by atoms with Gasteiger partial charge in [-0.3, -0.25) is 10.1 Å². The number of hydrogen-bond acceptors (Lipinski definition) is 5. The van der Waals surface area contributed by atoms with E-state index < -0.39 is 0 Å². The lowest BCUT2D eigenvalue weighted by Crippen LogP contribution is -1.95. The number of aromatic nitrogens is 4. The molecule has 2 heterocycles. The SMILES string of the molecule is Cc1cccnc1-c1n[nH]c(-c2ccc(OCc3ccccc3)cc2O)n1. The third kappa shape index (κ3) is 3.64. The van der Waals surface area contributed by atoms with E-state index in [2.05, 4.69) is 20.2 Å². The number of pyridine rings is 1. The summed E-state index contributed by atoms with van der Waals surface area (Å²) in [6.45, 7) is 2.39. The van der Waals surface area contributed by atoms with Crippen LogP contribution in [0.15, 0.2) is 66.9 Å². The van der Waals surface area contributed by atoms with Crippen molar-refractivity contribution in [1.29, 1.82) is 0 Å². The first-order valence-electron chi connectivity index (χ1n) is 8.55. The number of phenols is 1. The molecular formula is C21H18N4O2. The van der Waals surface area contributed by atoms with E-state index in [1.807, 2.05) is 49.4 Å². The van der Waals surface area contributed by atoms with Crippen molar-refractivity contribution in [3.63, 3.8) is 0 Å². The highest BCUT2D eigenvalue weighted by Crippen LogP contribution is 2.31. The summed E-state index contributed by atoms with van der Waals surface area (Å²) in [7, 11) is 0. The molecule has 0 atom stereocenters. The average Bonchev–Trinajstić information content (AvgIpc) is 3.17. The number of aromatic amines is 1. The molecule has 0 aliphatic heterocycles. The fourth-order valence-corrected chi connectivity index (χ4v) is 2.75. The number of ether oxygens (including phenoxy) is 1. The fourth-order valence-electron chi connectivity index (χ4n) is 2.75. The minimum Gasteiger partial charge on any atom is -0.507 e. The number of H-pyrrole nitrogens is 1. The predicted octanol–water partition coefficient (Wildman–Crippen LogP) is 4.13. The molecule has 27 heavy (non-hydrogen) atoms. The number of aromatic hydroxyl groups is 1. The molecule has 0 radical (unpaired) electrons. The molecule has 0 unspecified atom stereocenters. The Hall–Kier alpha value is -3.67. The van der Waals surface area contributed by atoms with Crippen LogP contribution in [0.3, 0.4) is 0 Å². The maximum atomic E-state index is 10.4. The van der Waals surface area contributed by atoms with E-state index in [0.29, 0.717) is 35.3 Å². The predicted molar refractivity (Wildman–Crippen MR) is 102 cm³/mol. The third-order valence-electron chi connectivity index (χ3n) is 4.18. The minimum atomic E-state index is 0.0704. The van der Waals surface area contributed by atoms with E-state index in [1.165, 1.54) is 0 Å². The number of aryl methyl sites for hydroxylation is 1. The van der Waals surface area contributed by atoms with Gasteiger partial charge in [0.2, 0.25) is 0 Å². The van der Waals surface area contributed by atoms with E-state index in [1.54, 1.807) is 24.4 Å². The molecule has 0 aliphatic carbocycles. The summed E-state index contributed by atoms with van der Waals surface area (Å²) in [5.41, 5.74) is 3.31. The maximum absolute atomic E-state index is 10.4. The summed E-state index contributed by atoms with van der Waals surface area (Å²) in [5, 5.41) is 17.5. The first kappa shape index (κ1) is 16.8. The molecule has 0 amide bonds. The molecule has 0 bridgehead atoms. The summed E-state index contributed by atoms with van der Waals surface area (Å²) in [6, 6.07) is 18.8. The second kappa shape index (κ2) is 7.29. The maximum Gasteiger partial charge on any atom is 0.200 e. The van der Waals surface area contributed by atoms with Crippen LogP contribution in [0, 0.1) is 6.92 Å². The summed E-state index contributed by atoms with van der Waals surface area (Å²) in [6.07, 6.45) is 1.70. The summed E-state index contributed by atoms with van der Waals surface area (Å²) in [5.74, 6) is 1.62. The van der Waals surface area contributed by atoms with Gasteiger partial charge < -0.3 is 9.84 Å². The molecule has 6 nitrogen and oxygen atoms in total. The zero-order valence-electron chi connectivity index (χ0n) is 14.8. The monoisotopic (exact) mass is 358 g/mol. The molecule has 0 saturated heterocycles. The fraction of sp³-hybridized carbons (Fsp3) is 0.0952. The molecule has 0 aliphatic rings. The zero-order valence-corrected chi connectivity index (χ0v) is 14.8. The highest BCUT2D eigenvalue weighted by Gasteiger charge is 2.14. The molecule has 6 heteroatoms. The molecule has 4 rings (SSSR count). The van der Waals surface area contributed by atoms with Crippen LogP contribution in [0.5, 0.6) is 11.5 Å². The van der Waals surface area contributed by atoms with Crippen LogP contribution in [0.4, 0.5) is 0 Å². The van der Waals surface area contributed by atoms with Gasteiger partial charge in [-0.25, -0.2) is 4.98 Å². The smallest absolute Gasteiger partial charge is 0.200 e. The Morgan fingerprint density at radius 1 is 1.04 bits per heavy atom. The number of rotatable bonds is 5. The molecule has 134 valence electrons. The highest BCUT2D eigenvalue weighted by atomic mass is 16.5. The Kier molecular flexibility index (Phi) is 4.53. The summed E-state index contributed by atoms with van der Waals surface area (Å²) < 4.78 is 5.74. The summed E-state index contributed by atoms with van der Waals surface area (Å²) in [4.78, 5) is 8.78. The Bertz CT molecular complexity index is 1060. The van der Waals surface area contributed by atoms with Crippen LogP contribution in [0.25, 0.3) is 22.9 Å². The topological polar surface area (TPSA) is 83.9 Å². The van der Waals surface area contributed by atoms with Gasteiger partial charge in [-0.2, -0.15) is 5.10 Å². The van der Waals surface area contributed by atoms with Crippen molar-refractivity contribution in [2.24, 2.45) is 0 Å². The zero-order chi connectivity index (χ0) is 18.6. The minimum absolute atomic E-state index is 0.0704. The Balaban J connectivity index is 1.54. The van der Waals surface area contributed by atoms with Crippen LogP contribution in [-0.2, 0) is 6.61 Å². The van der Waals surface area contributed by atoms with Crippen LogP contribution in [0.2, 0.25) is 0 Å². The molecule has 0 spiro atoms. The number of phenolic OH excluding ortho intramolecular Hbond substituents is 1. The van der Waals surface area contributed by atoms with Crippen LogP contribution in [0.1, 0.15) is 11.1 Å². The van der Waals surface area contributed by atoms with Crippen molar-refractivity contribution < 1.29 is 9.84 Å². The standard InChI is InChI=1S/C21H18N4O2/c1-14-6-5-11-22-19(14)21-23-20(24-25-21)17-10-9-16(12-18(17)26)27-13-15-7-3-2-4-8-15/h2-12,26H,13H2,1H3,(H,23,24,25). The van der Waals surface area contributed by atoms with E-state index >= 15 is 0 Å². The summed E-state index contributed by atoms with van der Waals surface area (Å²) >= 11 is 0. The molecule has 0 fully saturated rings. The molecule has 4 aromatic rings. The lowest BCUT2D eigenvalue weighted by Gasteiger charge is -2.08. The first-order chi connectivity index (χ1) is 13.2. The largest absolute Gasteiger partial charge is 0.507 e. The van der Waals surface area contributed by atoms with Gasteiger partial charge in [0, 0.05) is 12.3 Å². The van der Waals surface area contributed by atoms with Crippen molar-refractivity contribution in [2.75, 3.05) is 0 Å². The quantitative estimate of drug-likeness (QED) is 0.560. The van der Waals surface area contributed by atoms with Gasteiger partial charge in [-0.05, 0) is 36.2 Å². The second-order valence-corrected chi connectivity index (χ2v) is 6.13. The van der Waals surface area contributed by atoms with Crippen LogP contribution >= 0.6 is 0 Å². The molecule has 2 aromatic carbocycles. The van der Waals surface area contributed by atoms with Gasteiger partial charge in [0.1, 0.15) is 23.8 Å². The molecule has 2 N–H and O–H groups in total. The van der Waals surface area contributed by atoms with Crippen molar-refractivity contribution in [3.05, 3.63) is 78.0 Å². The third-order valence-corrected chi connectivity index (χ3v) is 4.18. The van der Waals surface area contributed by atoms with Gasteiger partial charge in [0.15, 0.2) is 11.6 Å². The van der Waals surface area contributed by atoms with Gasteiger partial charge in [0.05, 0.1) is 5.56 Å². The van der Waals surface area contributed by atoms with E-state index in [4.69, 9.17) is 4.74 Å². The normalized spacial score (nSPS) is 10.7. The van der Waals surface area contributed by atoms with Gasteiger partial charge in [-0.15, -0.1) is 0 Å². The van der Waals surface area contributed by atoms with Crippen molar-refractivity contribution in [2.45, 2.75) is 13.5 Å². The van der Waals surface area contributed by atoms with Crippen LogP contribution < -0.4 is 4.74 Å². The number of hydrogen-bond donors (Lipinski definition) is 2. The number of benzene rings is 2. The number of nitrogens with zero attached hydrogens (tertiary/aromatic N) is 3. The Morgan fingerprint density at radius 3 is 2.67 bits per heavy atom. The van der Waals surface area contributed by atoms with Gasteiger partial charge >= 0.3 is 0 Å². The Morgan fingerprint density at radius 2 is 1.89 bits per heavy atom. The highest BCUT2D eigenvalue weighted by molar-refractivity contribution is 5.67. The van der Waals surface area contributed by atoms with Crippen molar-refractivity contribution in [1.82, 2.24) is 20.2 Å². The molecule has 2 aromatic heterocycles. The first-order valence-corrected chi connectivity index (χ1v) is 8.55. The second-order valence-electron chi connectivity index (χ2n) is 6.13. The van der Waals surface area contributed by atoms with E-state index in [0.717, 1.165) is 11.1 Å². The number of nitrogens with one attached hydrogen (secondary N) is 1. The van der Waals surface area contributed by atoms with Crippen molar-refractivity contribution in [3.8, 4) is 34.4 Å². The van der Waals surface area contributed by atoms with E-state index in [-0.39, 0.29) is 5.75 Å². The lowest BCUT2D eigenvalue weighted by molar-refractivity contribution is 0.304. The lowest BCUT2D eigenvalue weighted by atomic mass is 10.1. The van der Waals surface area contributed by atoms with Crippen molar-refractivity contribution >= 4 is 0 Å². The Labute approximate surface area is 156 Å². The van der Waals surface area contributed by atoms with Crippen LogP contribution in [-0.4, -0.2) is 25.3 Å².